The van der Waals surface area contributed by atoms with Crippen molar-refractivity contribution in [2.75, 3.05) is 38.7 Å². The summed E-state index contributed by atoms with van der Waals surface area (Å²) in [6.07, 6.45) is 0.709. The third-order valence-electron chi connectivity index (χ3n) is 7.85. The first-order valence-corrected chi connectivity index (χ1v) is 13.8. The van der Waals surface area contributed by atoms with Crippen LogP contribution in [0.4, 0.5) is 5.69 Å². The first kappa shape index (κ1) is 27.2. The molecule has 2 aliphatic rings. The van der Waals surface area contributed by atoms with Crippen LogP contribution in [0.3, 0.4) is 0 Å². The van der Waals surface area contributed by atoms with E-state index in [1.165, 1.54) is 4.90 Å². The monoisotopic (exact) mass is 566 g/mol. The van der Waals surface area contributed by atoms with Crippen LogP contribution in [0.1, 0.15) is 55.3 Å². The van der Waals surface area contributed by atoms with Crippen molar-refractivity contribution in [3.8, 4) is 5.75 Å². The van der Waals surface area contributed by atoms with Crippen LogP contribution in [0.5, 0.6) is 5.75 Å². The molecule has 0 saturated carbocycles. The molecule has 10 heteroatoms. The number of fused-ring (bicyclic) bond motifs is 3. The molecule has 2 aliphatic heterocycles. The number of esters is 1. The summed E-state index contributed by atoms with van der Waals surface area (Å²) in [5.41, 5.74) is 3.95. The van der Waals surface area contributed by atoms with Crippen molar-refractivity contribution < 1.29 is 28.7 Å². The van der Waals surface area contributed by atoms with E-state index in [1.807, 2.05) is 29.2 Å². The van der Waals surface area contributed by atoms with Crippen molar-refractivity contribution >= 4 is 40.3 Å². The Bertz CT molecular complexity index is 1690. The lowest BCUT2D eigenvalue weighted by atomic mass is 9.92. The number of methoxy groups -OCH3 is 1. The summed E-state index contributed by atoms with van der Waals surface area (Å²) in [5.74, 6) is -1.04. The zero-order valence-electron chi connectivity index (χ0n) is 23.3. The summed E-state index contributed by atoms with van der Waals surface area (Å²) >= 11 is 0. The smallest absolute Gasteiger partial charge is 0.356 e. The van der Waals surface area contributed by atoms with Gasteiger partial charge in [-0.3, -0.25) is 24.2 Å². The normalized spacial score (nSPS) is 16.3. The number of imide groups is 1. The average molecular weight is 567 g/mol. The van der Waals surface area contributed by atoms with Crippen LogP contribution in [0.15, 0.2) is 66.7 Å². The van der Waals surface area contributed by atoms with Crippen molar-refractivity contribution in [1.82, 2.24) is 14.8 Å². The van der Waals surface area contributed by atoms with Crippen molar-refractivity contribution in [2.45, 2.75) is 19.4 Å². The Kier molecular flexibility index (Phi) is 7.22. The molecule has 2 N–H and O–H groups in total. The molecule has 214 valence electrons. The van der Waals surface area contributed by atoms with Crippen LogP contribution in [-0.4, -0.2) is 71.8 Å². The Morgan fingerprint density at radius 3 is 2.43 bits per heavy atom. The molecular formula is C32H30N4O6. The van der Waals surface area contributed by atoms with Gasteiger partial charge in [0.15, 0.2) is 0 Å². The molecule has 1 atom stereocenters. The molecule has 3 amide bonds. The summed E-state index contributed by atoms with van der Waals surface area (Å²) in [4.78, 5) is 59.1. The van der Waals surface area contributed by atoms with Crippen LogP contribution < -0.4 is 10.1 Å². The van der Waals surface area contributed by atoms with Gasteiger partial charge in [-0.25, -0.2) is 4.79 Å². The van der Waals surface area contributed by atoms with E-state index in [1.54, 1.807) is 56.5 Å². The molecule has 0 bridgehead atoms. The van der Waals surface area contributed by atoms with E-state index in [-0.39, 0.29) is 43.1 Å². The van der Waals surface area contributed by atoms with Crippen LogP contribution in [0.25, 0.3) is 10.9 Å². The van der Waals surface area contributed by atoms with Gasteiger partial charge in [-0.15, -0.1) is 0 Å². The number of hydrogen-bond acceptors (Lipinski definition) is 7. The second-order valence-electron chi connectivity index (χ2n) is 10.3. The quantitative estimate of drug-likeness (QED) is 0.242. The number of rotatable bonds is 8. The molecule has 4 aromatic rings. The molecule has 3 aromatic carbocycles. The maximum atomic E-state index is 13.6. The van der Waals surface area contributed by atoms with Crippen LogP contribution in [0, 0.1) is 0 Å². The minimum absolute atomic E-state index is 0.0267. The lowest BCUT2D eigenvalue weighted by Gasteiger charge is -2.38. The highest BCUT2D eigenvalue weighted by Crippen LogP contribution is 2.34. The minimum atomic E-state index is -0.585. The first-order chi connectivity index (χ1) is 20.4. The van der Waals surface area contributed by atoms with Gasteiger partial charge < -0.3 is 19.8 Å². The Labute approximate surface area is 242 Å². The van der Waals surface area contributed by atoms with Crippen LogP contribution in [0.2, 0.25) is 0 Å². The number of hydrogen-bond donors (Lipinski definition) is 2. The first-order valence-electron chi connectivity index (χ1n) is 13.8. The summed E-state index contributed by atoms with van der Waals surface area (Å²) in [6.45, 7) is 2.52. The highest BCUT2D eigenvalue weighted by atomic mass is 16.5. The summed E-state index contributed by atoms with van der Waals surface area (Å²) < 4.78 is 10.6. The van der Waals surface area contributed by atoms with E-state index in [0.29, 0.717) is 46.4 Å². The number of nitrogens with zero attached hydrogens (tertiary/aromatic N) is 2. The Balaban J connectivity index is 1.29. The summed E-state index contributed by atoms with van der Waals surface area (Å²) in [7, 11) is 1.54. The molecule has 0 unspecified atom stereocenters. The molecule has 1 aromatic heterocycles. The van der Waals surface area contributed by atoms with Crippen molar-refractivity contribution in [2.24, 2.45) is 0 Å². The molecule has 0 radical (unpaired) electrons. The number of carbonyl (C=O) groups is 4. The topological polar surface area (TPSA) is 121 Å². The standard InChI is InChI=1S/C32H30N4O6/c1-3-42-32(40)29-28(24-16-20(41-2)12-13-25(24)33-29)34-27(37)18-35-15-14-19-8-4-5-9-21(19)26(35)17-36-30(38)22-10-6-7-11-23(22)31(36)39/h4-13,16,26,33H,3,14-15,17-18H2,1-2H3,(H,34,37)/t26-/m1/s1. The number of H-pyrrole nitrogens is 1. The van der Waals surface area contributed by atoms with Crippen LogP contribution >= 0.6 is 0 Å². The lowest BCUT2D eigenvalue weighted by molar-refractivity contribution is -0.118. The largest absolute Gasteiger partial charge is 0.497 e. The fourth-order valence-electron chi connectivity index (χ4n) is 5.83. The van der Waals surface area contributed by atoms with Crippen molar-refractivity contribution in [1.29, 1.82) is 0 Å². The van der Waals surface area contributed by atoms with E-state index in [2.05, 4.69) is 10.3 Å². The SMILES string of the molecule is CCOC(=O)c1[nH]c2ccc(OC)cc2c1NC(=O)CN1CCc2ccccc2[C@H]1CN1C(=O)c2ccccc2C1=O. The van der Waals surface area contributed by atoms with Gasteiger partial charge >= 0.3 is 5.97 Å². The maximum absolute atomic E-state index is 13.6. The van der Waals surface area contributed by atoms with Gasteiger partial charge in [-0.05, 0) is 54.8 Å². The number of anilines is 1. The number of carbonyl (C=O) groups excluding carboxylic acids is 4. The van der Waals surface area contributed by atoms with Gasteiger partial charge in [0, 0.05) is 24.0 Å². The maximum Gasteiger partial charge on any atom is 0.356 e. The molecular weight excluding hydrogens is 536 g/mol. The summed E-state index contributed by atoms with van der Waals surface area (Å²) in [6, 6.07) is 19.6. The van der Waals surface area contributed by atoms with Gasteiger partial charge in [0.2, 0.25) is 5.91 Å². The number of benzene rings is 3. The van der Waals surface area contributed by atoms with Gasteiger partial charge in [-0.2, -0.15) is 0 Å². The molecule has 6 rings (SSSR count). The molecule has 0 spiro atoms. The highest BCUT2D eigenvalue weighted by Gasteiger charge is 2.39. The second kappa shape index (κ2) is 11.1. The zero-order chi connectivity index (χ0) is 29.4. The van der Waals surface area contributed by atoms with E-state index in [0.717, 1.165) is 11.1 Å². The number of aromatic nitrogens is 1. The Morgan fingerprint density at radius 2 is 1.71 bits per heavy atom. The third kappa shape index (κ3) is 4.79. The fraction of sp³-hybridized carbons (Fsp3) is 0.250. The van der Waals surface area contributed by atoms with Gasteiger partial charge in [0.25, 0.3) is 11.8 Å². The third-order valence-corrected chi connectivity index (χ3v) is 7.85. The van der Waals surface area contributed by atoms with Crippen LogP contribution in [-0.2, 0) is 16.0 Å². The summed E-state index contributed by atoms with van der Waals surface area (Å²) in [5, 5.41) is 3.53. The zero-order valence-corrected chi connectivity index (χ0v) is 23.3. The second-order valence-corrected chi connectivity index (χ2v) is 10.3. The van der Waals surface area contributed by atoms with Crippen molar-refractivity contribution in [3.63, 3.8) is 0 Å². The Hall–Kier alpha value is -4.96. The fourth-order valence-corrected chi connectivity index (χ4v) is 5.83. The van der Waals surface area contributed by atoms with E-state index in [9.17, 15) is 19.2 Å². The molecule has 0 aliphatic carbocycles. The molecule has 3 heterocycles. The predicted molar refractivity (Wildman–Crippen MR) is 156 cm³/mol. The number of aromatic amines is 1. The molecule has 0 fully saturated rings. The van der Waals surface area contributed by atoms with E-state index in [4.69, 9.17) is 9.47 Å². The number of nitrogens with one attached hydrogen (secondary N) is 2. The lowest BCUT2D eigenvalue weighted by Crippen LogP contribution is -2.46. The Morgan fingerprint density at radius 1 is 1.00 bits per heavy atom. The molecule has 42 heavy (non-hydrogen) atoms. The average Bonchev–Trinajstić information content (AvgIpc) is 3.48. The van der Waals surface area contributed by atoms with E-state index < -0.39 is 12.0 Å². The van der Waals surface area contributed by atoms with Crippen molar-refractivity contribution in [3.05, 3.63) is 94.7 Å². The molecule has 0 saturated heterocycles. The number of ether oxygens (including phenoxy) is 2. The predicted octanol–water partition coefficient (Wildman–Crippen LogP) is 4.19. The highest BCUT2D eigenvalue weighted by molar-refractivity contribution is 6.21. The van der Waals surface area contributed by atoms with Gasteiger partial charge in [0.05, 0.1) is 43.1 Å². The van der Waals surface area contributed by atoms with Gasteiger partial charge in [-0.1, -0.05) is 36.4 Å². The molecule has 10 nitrogen and oxygen atoms in total. The number of amides is 3. The van der Waals surface area contributed by atoms with E-state index >= 15 is 0 Å². The minimum Gasteiger partial charge on any atom is -0.497 e. The van der Waals surface area contributed by atoms with Gasteiger partial charge in [0.1, 0.15) is 11.4 Å².